The molecular formula is C11H18O3S. The van der Waals surface area contributed by atoms with Crippen molar-refractivity contribution in [2.45, 2.75) is 44.5 Å². The number of hydrogen-bond acceptors (Lipinski definition) is 3. The van der Waals surface area contributed by atoms with Gasteiger partial charge in [-0.1, -0.05) is 13.8 Å². The molecule has 4 heteroatoms. The van der Waals surface area contributed by atoms with Crippen molar-refractivity contribution in [2.24, 2.45) is 16.7 Å². The summed E-state index contributed by atoms with van der Waals surface area (Å²) in [5.41, 5.74) is -1.09. The summed E-state index contributed by atoms with van der Waals surface area (Å²) in [5.74, 6) is 0.411. The fourth-order valence-corrected chi connectivity index (χ4v) is 7.54. The van der Waals surface area contributed by atoms with Gasteiger partial charge in [0.25, 0.3) is 0 Å². The lowest BCUT2D eigenvalue weighted by Gasteiger charge is -2.55. The van der Waals surface area contributed by atoms with Crippen LogP contribution in [0, 0.1) is 16.7 Å². The molecule has 0 radical (unpaired) electrons. The minimum absolute atomic E-state index is 0.0255. The zero-order chi connectivity index (χ0) is 11.3. The molecule has 2 saturated carbocycles. The fourth-order valence-electron chi connectivity index (χ4n) is 4.59. The molecule has 0 aromatic carbocycles. The van der Waals surface area contributed by atoms with Gasteiger partial charge in [-0.3, -0.25) is 0 Å². The highest BCUT2D eigenvalue weighted by molar-refractivity contribution is 7.93. The third-order valence-corrected chi connectivity index (χ3v) is 8.18. The Morgan fingerprint density at radius 2 is 1.93 bits per heavy atom. The van der Waals surface area contributed by atoms with E-state index in [0.29, 0.717) is 0 Å². The zero-order valence-electron chi connectivity index (χ0n) is 9.45. The molecule has 5 unspecified atom stereocenters. The van der Waals surface area contributed by atoms with Crippen molar-refractivity contribution in [3.8, 4) is 0 Å². The first kappa shape index (κ1) is 10.1. The first-order valence-electron chi connectivity index (χ1n) is 5.60. The molecule has 86 valence electrons. The Morgan fingerprint density at radius 1 is 1.33 bits per heavy atom. The summed E-state index contributed by atoms with van der Waals surface area (Å²) in [7, 11) is -2.89. The van der Waals surface area contributed by atoms with Gasteiger partial charge in [0, 0.05) is 5.41 Å². The van der Waals surface area contributed by atoms with Crippen LogP contribution in [0.4, 0.5) is 0 Å². The Hall–Kier alpha value is -0.0900. The molecule has 2 bridgehead atoms. The molecule has 3 fully saturated rings. The van der Waals surface area contributed by atoms with Gasteiger partial charge < -0.3 is 5.11 Å². The lowest BCUT2D eigenvalue weighted by atomic mass is 9.65. The summed E-state index contributed by atoms with van der Waals surface area (Å²) in [6, 6.07) is 0. The van der Waals surface area contributed by atoms with E-state index in [9.17, 15) is 13.5 Å². The van der Waals surface area contributed by atoms with Gasteiger partial charge in [0.1, 0.15) is 0 Å². The smallest absolute Gasteiger partial charge is 0.154 e. The lowest BCUT2D eigenvalue weighted by molar-refractivity contribution is -0.0968. The number of hydrogen-bond donors (Lipinski definition) is 1. The van der Waals surface area contributed by atoms with Crippen molar-refractivity contribution in [1.29, 1.82) is 0 Å². The zero-order valence-corrected chi connectivity index (χ0v) is 10.3. The van der Waals surface area contributed by atoms with Gasteiger partial charge in [0.2, 0.25) is 0 Å². The molecule has 1 spiro atoms. The molecule has 2 aliphatic carbocycles. The predicted octanol–water partition coefficient (Wildman–Crippen LogP) is 0.971. The van der Waals surface area contributed by atoms with Crippen molar-refractivity contribution in [2.75, 3.05) is 5.75 Å². The summed E-state index contributed by atoms with van der Waals surface area (Å²) in [4.78, 5) is 0. The summed E-state index contributed by atoms with van der Waals surface area (Å²) in [6.45, 7) is 6.04. The van der Waals surface area contributed by atoms with Crippen LogP contribution in [-0.2, 0) is 9.84 Å². The van der Waals surface area contributed by atoms with Crippen LogP contribution in [-0.4, -0.2) is 30.1 Å². The molecule has 1 saturated heterocycles. The molecule has 0 aromatic rings. The largest absolute Gasteiger partial charge is 0.389 e. The van der Waals surface area contributed by atoms with Crippen LogP contribution in [0.2, 0.25) is 0 Å². The molecule has 3 rings (SSSR count). The third-order valence-electron chi connectivity index (χ3n) is 5.78. The Bertz CT molecular complexity index is 439. The lowest BCUT2D eigenvalue weighted by Crippen LogP contribution is -2.67. The second-order valence-corrected chi connectivity index (χ2v) is 8.54. The molecule has 15 heavy (non-hydrogen) atoms. The molecule has 1 heterocycles. The van der Waals surface area contributed by atoms with Crippen molar-refractivity contribution in [3.05, 3.63) is 0 Å². The maximum Gasteiger partial charge on any atom is 0.154 e. The van der Waals surface area contributed by atoms with Crippen molar-refractivity contribution < 1.29 is 13.5 Å². The first-order chi connectivity index (χ1) is 6.66. The summed E-state index contributed by atoms with van der Waals surface area (Å²) >= 11 is 0. The van der Waals surface area contributed by atoms with E-state index >= 15 is 0 Å². The maximum atomic E-state index is 11.7. The normalized spacial score (nSPS) is 65.1. The Labute approximate surface area is 90.8 Å². The van der Waals surface area contributed by atoms with E-state index in [1.807, 2.05) is 6.92 Å². The molecule has 5 atom stereocenters. The SMILES string of the molecule is CC1C2(C)CC3C(C2)(CS3(=O)=O)C1(C)O. The van der Waals surface area contributed by atoms with Crippen molar-refractivity contribution >= 4 is 9.84 Å². The minimum atomic E-state index is -2.89. The average molecular weight is 230 g/mol. The van der Waals surface area contributed by atoms with Crippen LogP contribution in [0.5, 0.6) is 0 Å². The number of fused-ring (bicyclic) bond motifs is 1. The van der Waals surface area contributed by atoms with Crippen LogP contribution in [0.1, 0.15) is 33.6 Å². The molecule has 3 nitrogen and oxygen atoms in total. The van der Waals surface area contributed by atoms with E-state index in [4.69, 9.17) is 0 Å². The Kier molecular flexibility index (Phi) is 1.44. The first-order valence-corrected chi connectivity index (χ1v) is 7.31. The van der Waals surface area contributed by atoms with Gasteiger partial charge in [-0.2, -0.15) is 0 Å². The highest BCUT2D eigenvalue weighted by Crippen LogP contribution is 2.74. The van der Waals surface area contributed by atoms with Gasteiger partial charge in [-0.05, 0) is 31.1 Å². The molecule has 0 amide bonds. The van der Waals surface area contributed by atoms with Crippen LogP contribution in [0.15, 0.2) is 0 Å². The maximum absolute atomic E-state index is 11.7. The van der Waals surface area contributed by atoms with Gasteiger partial charge in [0.05, 0.1) is 16.6 Å². The van der Waals surface area contributed by atoms with Crippen molar-refractivity contribution in [3.63, 3.8) is 0 Å². The van der Waals surface area contributed by atoms with Crippen LogP contribution in [0.3, 0.4) is 0 Å². The van der Waals surface area contributed by atoms with E-state index < -0.39 is 15.4 Å². The summed E-state index contributed by atoms with van der Waals surface area (Å²) < 4.78 is 23.4. The van der Waals surface area contributed by atoms with E-state index in [2.05, 4.69) is 13.8 Å². The monoisotopic (exact) mass is 230 g/mol. The average Bonchev–Trinajstić information content (AvgIpc) is 2.43. The van der Waals surface area contributed by atoms with Gasteiger partial charge in [-0.25, -0.2) is 8.42 Å². The predicted molar refractivity (Wildman–Crippen MR) is 57.1 cm³/mol. The molecule has 1 N–H and O–H groups in total. The number of rotatable bonds is 0. The minimum Gasteiger partial charge on any atom is -0.389 e. The van der Waals surface area contributed by atoms with E-state index in [-0.39, 0.29) is 27.8 Å². The Balaban J connectivity index is 2.16. The van der Waals surface area contributed by atoms with E-state index in [0.717, 1.165) is 12.8 Å². The second-order valence-electron chi connectivity index (χ2n) is 6.36. The highest BCUT2D eigenvalue weighted by Gasteiger charge is 2.80. The standard InChI is InChI=1S/C11H18O3S/c1-7-9(2)4-8-11(5-9,10(7,3)12)6-15(8,13)14/h7-8,12H,4-6H2,1-3H3. The van der Waals surface area contributed by atoms with Gasteiger partial charge >= 0.3 is 0 Å². The third kappa shape index (κ3) is 0.792. The fraction of sp³-hybridized carbons (Fsp3) is 1.00. The molecule has 1 aliphatic heterocycles. The summed E-state index contributed by atoms with van der Waals surface area (Å²) in [5, 5.41) is 10.3. The second kappa shape index (κ2) is 2.14. The summed E-state index contributed by atoms with van der Waals surface area (Å²) in [6.07, 6.45) is 1.64. The topological polar surface area (TPSA) is 54.4 Å². The molecule has 3 aliphatic rings. The quantitative estimate of drug-likeness (QED) is 0.674. The Morgan fingerprint density at radius 3 is 2.40 bits per heavy atom. The van der Waals surface area contributed by atoms with E-state index in [1.165, 1.54) is 0 Å². The van der Waals surface area contributed by atoms with E-state index in [1.54, 1.807) is 0 Å². The molecule has 0 aromatic heterocycles. The van der Waals surface area contributed by atoms with Crippen LogP contribution >= 0.6 is 0 Å². The number of sulfone groups is 1. The van der Waals surface area contributed by atoms with Crippen molar-refractivity contribution in [1.82, 2.24) is 0 Å². The highest BCUT2D eigenvalue weighted by atomic mass is 32.2. The van der Waals surface area contributed by atoms with Crippen LogP contribution < -0.4 is 0 Å². The molecular weight excluding hydrogens is 212 g/mol. The van der Waals surface area contributed by atoms with Crippen LogP contribution in [0.25, 0.3) is 0 Å². The van der Waals surface area contributed by atoms with Gasteiger partial charge in [0.15, 0.2) is 9.84 Å². The number of aliphatic hydroxyl groups is 1. The van der Waals surface area contributed by atoms with Gasteiger partial charge in [-0.15, -0.1) is 0 Å².